The highest BCUT2D eigenvalue weighted by Gasteiger charge is 2.17. The van der Waals surface area contributed by atoms with Crippen LogP contribution in [0.4, 0.5) is 0 Å². The summed E-state index contributed by atoms with van der Waals surface area (Å²) >= 11 is 0. The highest BCUT2D eigenvalue weighted by Crippen LogP contribution is 2.25. The van der Waals surface area contributed by atoms with Crippen molar-refractivity contribution in [3.63, 3.8) is 0 Å². The molecule has 0 amide bonds. The van der Waals surface area contributed by atoms with Crippen molar-refractivity contribution >= 4 is 0 Å². The van der Waals surface area contributed by atoms with Crippen molar-refractivity contribution in [3.8, 4) is 0 Å². The summed E-state index contributed by atoms with van der Waals surface area (Å²) in [6, 6.07) is 0. The molecule has 0 aromatic carbocycles. The van der Waals surface area contributed by atoms with E-state index in [9.17, 15) is 0 Å². The monoisotopic (exact) mass is 228 g/mol. The molecule has 3 nitrogen and oxygen atoms in total. The summed E-state index contributed by atoms with van der Waals surface area (Å²) in [6.07, 6.45) is 4.87. The van der Waals surface area contributed by atoms with Gasteiger partial charge in [-0.2, -0.15) is 0 Å². The van der Waals surface area contributed by atoms with Gasteiger partial charge in [-0.3, -0.25) is 0 Å². The van der Waals surface area contributed by atoms with Gasteiger partial charge in [-0.1, -0.05) is 13.8 Å². The van der Waals surface area contributed by atoms with Crippen molar-refractivity contribution < 1.29 is 4.74 Å². The third-order valence-corrected chi connectivity index (χ3v) is 3.49. The second-order valence-corrected chi connectivity index (χ2v) is 5.74. The molecule has 0 bridgehead atoms. The van der Waals surface area contributed by atoms with Crippen LogP contribution in [0.25, 0.3) is 0 Å². The molecule has 1 aliphatic rings. The number of rotatable bonds is 8. The molecule has 0 aromatic rings. The van der Waals surface area contributed by atoms with E-state index in [1.807, 2.05) is 0 Å². The fourth-order valence-electron chi connectivity index (χ4n) is 2.26. The van der Waals surface area contributed by atoms with Gasteiger partial charge in [0, 0.05) is 13.2 Å². The van der Waals surface area contributed by atoms with Gasteiger partial charge in [0.05, 0.1) is 6.61 Å². The highest BCUT2D eigenvalue weighted by molar-refractivity contribution is 4.70. The van der Waals surface area contributed by atoms with Gasteiger partial charge in [-0.15, -0.1) is 0 Å². The molecule has 0 radical (unpaired) electrons. The summed E-state index contributed by atoms with van der Waals surface area (Å²) in [5.74, 6) is 0.747. The average molecular weight is 228 g/mol. The van der Waals surface area contributed by atoms with Gasteiger partial charge in [0.1, 0.15) is 0 Å². The highest BCUT2D eigenvalue weighted by atomic mass is 16.5. The molecule has 0 aromatic heterocycles. The lowest BCUT2D eigenvalue weighted by atomic mass is 9.84. The van der Waals surface area contributed by atoms with Gasteiger partial charge in [0.2, 0.25) is 0 Å². The van der Waals surface area contributed by atoms with E-state index in [1.54, 1.807) is 0 Å². The number of nitrogens with two attached hydrogens (primary N) is 1. The summed E-state index contributed by atoms with van der Waals surface area (Å²) in [5, 5.41) is 3.53. The van der Waals surface area contributed by atoms with Gasteiger partial charge in [-0.25, -0.2) is 0 Å². The van der Waals surface area contributed by atoms with Crippen LogP contribution >= 0.6 is 0 Å². The maximum atomic E-state index is 5.60. The van der Waals surface area contributed by atoms with Crippen LogP contribution in [0.1, 0.15) is 39.5 Å². The minimum absolute atomic E-state index is 0.410. The van der Waals surface area contributed by atoms with Crippen LogP contribution in [-0.2, 0) is 4.74 Å². The van der Waals surface area contributed by atoms with E-state index in [1.165, 1.54) is 19.3 Å². The zero-order valence-electron chi connectivity index (χ0n) is 10.9. The van der Waals surface area contributed by atoms with Crippen molar-refractivity contribution in [2.75, 3.05) is 32.8 Å². The molecule has 16 heavy (non-hydrogen) atoms. The lowest BCUT2D eigenvalue weighted by Crippen LogP contribution is -2.25. The van der Waals surface area contributed by atoms with E-state index in [-0.39, 0.29) is 0 Å². The molecule has 1 unspecified atom stereocenters. The Morgan fingerprint density at radius 1 is 1.38 bits per heavy atom. The number of ether oxygens (including phenoxy) is 1. The molecule has 3 N–H and O–H groups in total. The van der Waals surface area contributed by atoms with Crippen molar-refractivity contribution in [3.05, 3.63) is 0 Å². The van der Waals surface area contributed by atoms with Crippen molar-refractivity contribution in [1.29, 1.82) is 0 Å². The van der Waals surface area contributed by atoms with Gasteiger partial charge in [0.15, 0.2) is 0 Å². The normalized spacial score (nSPS) is 21.6. The first-order valence-corrected chi connectivity index (χ1v) is 6.62. The zero-order valence-corrected chi connectivity index (χ0v) is 10.9. The minimum atomic E-state index is 0.410. The summed E-state index contributed by atoms with van der Waals surface area (Å²) in [4.78, 5) is 0. The summed E-state index contributed by atoms with van der Waals surface area (Å²) in [7, 11) is 0. The van der Waals surface area contributed by atoms with E-state index < -0.39 is 0 Å². The van der Waals surface area contributed by atoms with Crippen LogP contribution in [0, 0.1) is 11.3 Å². The van der Waals surface area contributed by atoms with Gasteiger partial charge < -0.3 is 15.8 Å². The van der Waals surface area contributed by atoms with Gasteiger partial charge in [0.25, 0.3) is 0 Å². The zero-order chi connectivity index (χ0) is 11.9. The summed E-state index contributed by atoms with van der Waals surface area (Å²) < 4.78 is 5.35. The largest absolute Gasteiger partial charge is 0.381 e. The molecular weight excluding hydrogens is 200 g/mol. The molecule has 0 spiro atoms. The fraction of sp³-hybridized carbons (Fsp3) is 1.00. The van der Waals surface area contributed by atoms with E-state index in [0.29, 0.717) is 5.41 Å². The predicted octanol–water partition coefficient (Wildman–Crippen LogP) is 1.77. The van der Waals surface area contributed by atoms with Crippen LogP contribution in [0.15, 0.2) is 0 Å². The number of hydrogen-bond donors (Lipinski definition) is 2. The molecule has 1 saturated heterocycles. The maximum Gasteiger partial charge on any atom is 0.0507 e. The minimum Gasteiger partial charge on any atom is -0.381 e. The smallest absolute Gasteiger partial charge is 0.0507 e. The van der Waals surface area contributed by atoms with E-state index in [4.69, 9.17) is 10.5 Å². The molecule has 1 fully saturated rings. The molecule has 96 valence electrons. The Labute approximate surface area is 100 Å². The predicted molar refractivity (Wildman–Crippen MR) is 68.5 cm³/mol. The first-order valence-electron chi connectivity index (χ1n) is 6.62. The summed E-state index contributed by atoms with van der Waals surface area (Å²) in [5.41, 5.74) is 6.01. The summed E-state index contributed by atoms with van der Waals surface area (Å²) in [6.45, 7) is 9.58. The molecule has 1 heterocycles. The molecule has 3 heteroatoms. The molecule has 1 atom stereocenters. The first-order chi connectivity index (χ1) is 7.64. The molecule has 0 saturated carbocycles. The number of nitrogens with one attached hydrogen (secondary N) is 1. The van der Waals surface area contributed by atoms with E-state index in [0.717, 1.165) is 45.2 Å². The first kappa shape index (κ1) is 13.9. The second-order valence-electron chi connectivity index (χ2n) is 5.74. The Hall–Kier alpha value is -0.120. The quantitative estimate of drug-likeness (QED) is 0.622. The lowest BCUT2D eigenvalue weighted by Gasteiger charge is -2.23. The molecule has 1 rings (SSSR count). The Kier molecular flexibility index (Phi) is 6.32. The standard InChI is InChI=1S/C13H28N2O/c1-13(2,6-7-14)5-3-8-15-10-12-4-9-16-11-12/h12,15H,3-11,14H2,1-2H3. The average Bonchev–Trinajstić information content (AvgIpc) is 2.69. The van der Waals surface area contributed by atoms with Crippen LogP contribution in [0.2, 0.25) is 0 Å². The second kappa shape index (κ2) is 7.25. The maximum absolute atomic E-state index is 5.60. The third-order valence-electron chi connectivity index (χ3n) is 3.49. The van der Waals surface area contributed by atoms with Gasteiger partial charge >= 0.3 is 0 Å². The van der Waals surface area contributed by atoms with Crippen molar-refractivity contribution in [1.82, 2.24) is 5.32 Å². The third kappa shape index (κ3) is 5.83. The Morgan fingerprint density at radius 2 is 2.19 bits per heavy atom. The molecule has 1 aliphatic heterocycles. The fourth-order valence-corrected chi connectivity index (χ4v) is 2.26. The van der Waals surface area contributed by atoms with Gasteiger partial charge in [-0.05, 0) is 50.1 Å². The Morgan fingerprint density at radius 3 is 2.81 bits per heavy atom. The van der Waals surface area contributed by atoms with E-state index >= 15 is 0 Å². The Balaban J connectivity index is 1.94. The van der Waals surface area contributed by atoms with E-state index in [2.05, 4.69) is 19.2 Å². The van der Waals surface area contributed by atoms with Crippen molar-refractivity contribution in [2.45, 2.75) is 39.5 Å². The molecule has 0 aliphatic carbocycles. The SMILES string of the molecule is CC(C)(CCN)CCCNCC1CCOC1. The van der Waals surface area contributed by atoms with Crippen LogP contribution < -0.4 is 11.1 Å². The van der Waals surface area contributed by atoms with Crippen molar-refractivity contribution in [2.24, 2.45) is 17.1 Å². The Bertz CT molecular complexity index is 177. The number of hydrogen-bond acceptors (Lipinski definition) is 3. The van der Waals surface area contributed by atoms with Crippen LogP contribution in [-0.4, -0.2) is 32.8 Å². The van der Waals surface area contributed by atoms with Crippen LogP contribution in [0.3, 0.4) is 0 Å². The lowest BCUT2D eigenvalue weighted by molar-refractivity contribution is 0.185. The van der Waals surface area contributed by atoms with Crippen LogP contribution in [0.5, 0.6) is 0 Å². The molecular formula is C13H28N2O. The topological polar surface area (TPSA) is 47.3 Å².